The Labute approximate surface area is 162 Å². The smallest absolute Gasteiger partial charge is 0.335 e. The highest BCUT2D eigenvalue weighted by Crippen LogP contribution is 2.33. The monoisotopic (exact) mass is 378 g/mol. The summed E-state index contributed by atoms with van der Waals surface area (Å²) < 4.78 is 1.96. The molecule has 2 N–H and O–H groups in total. The maximum absolute atomic E-state index is 12.1. The minimum absolute atomic E-state index is 0.194. The minimum Gasteiger partial charge on any atom is -0.480 e. The van der Waals surface area contributed by atoms with E-state index in [4.69, 9.17) is 0 Å². The summed E-state index contributed by atoms with van der Waals surface area (Å²) in [6.45, 7) is 2.07. The first-order chi connectivity index (χ1) is 13.5. The van der Waals surface area contributed by atoms with E-state index < -0.39 is 18.0 Å². The largest absolute Gasteiger partial charge is 0.480 e. The second-order valence-corrected chi connectivity index (χ2v) is 7.22. The van der Waals surface area contributed by atoms with Crippen LogP contribution >= 0.6 is 0 Å². The molecule has 0 radical (unpaired) electrons. The highest BCUT2D eigenvalue weighted by molar-refractivity contribution is 5.96. The fourth-order valence-electron chi connectivity index (χ4n) is 4.07. The summed E-state index contributed by atoms with van der Waals surface area (Å²) in [5.41, 5.74) is 2.72. The van der Waals surface area contributed by atoms with Crippen molar-refractivity contribution in [1.29, 1.82) is 0 Å². The molecule has 2 heterocycles. The minimum atomic E-state index is -0.995. The molecule has 28 heavy (non-hydrogen) atoms. The average molecular weight is 378 g/mol. The van der Waals surface area contributed by atoms with Gasteiger partial charge in [-0.2, -0.15) is 0 Å². The summed E-state index contributed by atoms with van der Waals surface area (Å²) in [6.07, 6.45) is 3.87. The van der Waals surface area contributed by atoms with Crippen LogP contribution in [0.3, 0.4) is 0 Å². The molecule has 0 saturated carbocycles. The number of aliphatic carboxylic acids is 1. The maximum Gasteiger partial charge on any atom is 0.335 e. The van der Waals surface area contributed by atoms with Gasteiger partial charge in [0.05, 0.1) is 5.56 Å². The van der Waals surface area contributed by atoms with Crippen molar-refractivity contribution < 1.29 is 19.8 Å². The van der Waals surface area contributed by atoms with Gasteiger partial charge in [-0.15, -0.1) is 0 Å². The summed E-state index contributed by atoms with van der Waals surface area (Å²) in [7, 11) is 0. The van der Waals surface area contributed by atoms with Crippen molar-refractivity contribution in [3.8, 4) is 0 Å². The highest BCUT2D eigenvalue weighted by atomic mass is 16.4. The number of hydrogen-bond donors (Lipinski definition) is 2. The number of carboxylic acids is 2. The van der Waals surface area contributed by atoms with Crippen LogP contribution < -0.4 is 0 Å². The molecule has 1 atom stereocenters. The van der Waals surface area contributed by atoms with Gasteiger partial charge in [0.2, 0.25) is 0 Å². The van der Waals surface area contributed by atoms with Gasteiger partial charge in [-0.05, 0) is 43.6 Å². The number of benzene rings is 2. The number of aromatic nitrogens is 1. The zero-order chi connectivity index (χ0) is 19.7. The highest BCUT2D eigenvalue weighted by Gasteiger charge is 2.32. The lowest BCUT2D eigenvalue weighted by Crippen LogP contribution is -2.31. The Morgan fingerprint density at radius 3 is 2.36 bits per heavy atom. The summed E-state index contributed by atoms with van der Waals surface area (Å²) in [4.78, 5) is 25.6. The molecule has 6 nitrogen and oxygen atoms in total. The Kier molecular flexibility index (Phi) is 4.88. The molecule has 2 aromatic carbocycles. The van der Waals surface area contributed by atoms with Crippen molar-refractivity contribution in [2.75, 3.05) is 13.1 Å². The molecule has 0 amide bonds. The van der Waals surface area contributed by atoms with Gasteiger partial charge in [0.1, 0.15) is 6.04 Å². The molecule has 4 rings (SSSR count). The number of aromatic carboxylic acids is 1. The number of hydrogen-bond acceptors (Lipinski definition) is 3. The third-order valence-corrected chi connectivity index (χ3v) is 5.39. The molecule has 1 fully saturated rings. The van der Waals surface area contributed by atoms with Crippen LogP contribution in [0.25, 0.3) is 10.9 Å². The van der Waals surface area contributed by atoms with Crippen LogP contribution in [0.4, 0.5) is 0 Å². The summed E-state index contributed by atoms with van der Waals surface area (Å²) in [6, 6.07) is 14.0. The van der Waals surface area contributed by atoms with E-state index in [0.717, 1.165) is 48.0 Å². The molecule has 1 aliphatic rings. The predicted molar refractivity (Wildman–Crippen MR) is 106 cm³/mol. The van der Waals surface area contributed by atoms with Gasteiger partial charge in [0.25, 0.3) is 0 Å². The Morgan fingerprint density at radius 2 is 1.71 bits per heavy atom. The van der Waals surface area contributed by atoms with Crippen LogP contribution in [0.1, 0.15) is 40.4 Å². The van der Waals surface area contributed by atoms with Crippen molar-refractivity contribution in [1.82, 2.24) is 9.47 Å². The van der Waals surface area contributed by atoms with Crippen LogP contribution in [-0.4, -0.2) is 44.7 Å². The van der Waals surface area contributed by atoms with Crippen LogP contribution in [-0.2, 0) is 11.3 Å². The van der Waals surface area contributed by atoms with Crippen molar-refractivity contribution >= 4 is 22.8 Å². The third kappa shape index (κ3) is 3.39. The zero-order valence-corrected chi connectivity index (χ0v) is 15.4. The van der Waals surface area contributed by atoms with Crippen molar-refractivity contribution in [3.63, 3.8) is 0 Å². The van der Waals surface area contributed by atoms with Gasteiger partial charge in [-0.1, -0.05) is 36.4 Å². The number of carbonyl (C=O) groups is 2. The lowest BCUT2D eigenvalue weighted by molar-refractivity contribution is -0.143. The molecule has 0 unspecified atom stereocenters. The fourth-order valence-corrected chi connectivity index (χ4v) is 4.07. The first-order valence-corrected chi connectivity index (χ1v) is 9.41. The van der Waals surface area contributed by atoms with Crippen LogP contribution in [0, 0.1) is 0 Å². The van der Waals surface area contributed by atoms with E-state index in [-0.39, 0.29) is 5.56 Å². The predicted octanol–water partition coefficient (Wildman–Crippen LogP) is 3.61. The Hall–Kier alpha value is -3.12. The van der Waals surface area contributed by atoms with E-state index in [1.807, 2.05) is 46.0 Å². The standard InChI is InChI=1S/C22H22N2O4/c25-21(26)16-8-9-17-18(20(22(27)28)23-10-4-5-11-23)14-24(19(17)12-16)13-15-6-2-1-3-7-15/h1-3,6-9,12,14,20H,4-5,10-11,13H2,(H,25,26)(H,27,28)/t20-/m1/s1. The number of carboxylic acid groups (broad SMARTS) is 2. The topological polar surface area (TPSA) is 82.8 Å². The Morgan fingerprint density at radius 1 is 1.00 bits per heavy atom. The lowest BCUT2D eigenvalue weighted by atomic mass is 10.0. The lowest BCUT2D eigenvalue weighted by Gasteiger charge is -2.23. The van der Waals surface area contributed by atoms with E-state index >= 15 is 0 Å². The van der Waals surface area contributed by atoms with Gasteiger partial charge < -0.3 is 14.8 Å². The zero-order valence-electron chi connectivity index (χ0n) is 15.4. The average Bonchev–Trinajstić information content (AvgIpc) is 3.32. The fraction of sp³-hybridized carbons (Fsp3) is 0.273. The van der Waals surface area contributed by atoms with Gasteiger partial charge in [-0.25, -0.2) is 4.79 Å². The quantitative estimate of drug-likeness (QED) is 0.685. The second kappa shape index (κ2) is 7.48. The molecular weight excluding hydrogens is 356 g/mol. The van der Waals surface area contributed by atoms with E-state index in [9.17, 15) is 19.8 Å². The van der Waals surface area contributed by atoms with Crippen molar-refractivity contribution in [2.24, 2.45) is 0 Å². The van der Waals surface area contributed by atoms with Gasteiger partial charge in [0.15, 0.2) is 0 Å². The van der Waals surface area contributed by atoms with E-state index in [0.29, 0.717) is 6.54 Å². The molecule has 0 bridgehead atoms. The van der Waals surface area contributed by atoms with Crippen LogP contribution in [0.5, 0.6) is 0 Å². The second-order valence-electron chi connectivity index (χ2n) is 7.22. The maximum atomic E-state index is 12.1. The number of nitrogens with zero attached hydrogens (tertiary/aromatic N) is 2. The Balaban J connectivity index is 1.86. The number of rotatable bonds is 6. The van der Waals surface area contributed by atoms with Crippen molar-refractivity contribution in [2.45, 2.75) is 25.4 Å². The van der Waals surface area contributed by atoms with Crippen LogP contribution in [0.15, 0.2) is 54.7 Å². The normalized spacial score (nSPS) is 15.7. The SMILES string of the molecule is O=C(O)c1ccc2c([C@H](C(=O)O)N3CCCC3)cn(Cc3ccccc3)c2c1. The molecule has 1 aromatic heterocycles. The third-order valence-electron chi connectivity index (χ3n) is 5.39. The molecule has 144 valence electrons. The van der Waals surface area contributed by atoms with Crippen LogP contribution in [0.2, 0.25) is 0 Å². The Bertz CT molecular complexity index is 1020. The van der Waals surface area contributed by atoms with Gasteiger partial charge >= 0.3 is 11.9 Å². The molecule has 3 aromatic rings. The van der Waals surface area contributed by atoms with Gasteiger partial charge in [0, 0.05) is 29.2 Å². The van der Waals surface area contributed by atoms with Crippen molar-refractivity contribution in [3.05, 3.63) is 71.4 Å². The molecular formula is C22H22N2O4. The summed E-state index contributed by atoms with van der Waals surface area (Å²) in [5.74, 6) is -1.87. The summed E-state index contributed by atoms with van der Waals surface area (Å²) in [5, 5.41) is 20.1. The molecule has 1 aliphatic heterocycles. The summed E-state index contributed by atoms with van der Waals surface area (Å²) >= 11 is 0. The van der Waals surface area contributed by atoms with E-state index in [2.05, 4.69) is 0 Å². The number of likely N-dealkylation sites (tertiary alicyclic amines) is 1. The van der Waals surface area contributed by atoms with E-state index in [1.165, 1.54) is 0 Å². The van der Waals surface area contributed by atoms with Gasteiger partial charge in [-0.3, -0.25) is 9.69 Å². The number of fused-ring (bicyclic) bond motifs is 1. The molecule has 0 spiro atoms. The first-order valence-electron chi connectivity index (χ1n) is 9.41. The first kappa shape index (κ1) is 18.3. The van der Waals surface area contributed by atoms with E-state index in [1.54, 1.807) is 18.2 Å². The molecule has 1 saturated heterocycles. The molecule has 6 heteroatoms. The molecule has 0 aliphatic carbocycles.